The average Bonchev–Trinajstić information content (AvgIpc) is 3.16. The van der Waals surface area contributed by atoms with Crippen LogP contribution in [0.5, 0.6) is 0 Å². The van der Waals surface area contributed by atoms with Gasteiger partial charge in [0.1, 0.15) is 0 Å². The Morgan fingerprint density at radius 1 is 1.36 bits per heavy atom. The minimum absolute atomic E-state index is 0. The Morgan fingerprint density at radius 3 is 2.77 bits per heavy atom. The molecule has 0 aliphatic heterocycles. The molecule has 22 heavy (non-hydrogen) atoms. The number of para-hydroxylation sites is 1. The molecule has 1 aromatic heterocycles. The molecule has 120 valence electrons. The van der Waals surface area contributed by atoms with Gasteiger partial charge in [-0.1, -0.05) is 31.0 Å². The van der Waals surface area contributed by atoms with E-state index in [1.54, 1.807) is 0 Å². The quantitative estimate of drug-likeness (QED) is 0.909. The summed E-state index contributed by atoms with van der Waals surface area (Å²) in [5.41, 5.74) is 8.37. The SMILES string of the molecule is CN(C(=O)[C@@H](N)Cc1c[nH]c2ccccc12)C1CCCC1.Cl. The summed E-state index contributed by atoms with van der Waals surface area (Å²) in [4.78, 5) is 17.6. The number of likely N-dealkylation sites (N-methyl/N-ethyl adjacent to an activating group) is 1. The molecular weight excluding hydrogens is 298 g/mol. The van der Waals surface area contributed by atoms with Crippen molar-refractivity contribution in [2.24, 2.45) is 5.73 Å². The minimum atomic E-state index is -0.463. The van der Waals surface area contributed by atoms with E-state index in [4.69, 9.17) is 5.73 Å². The first-order chi connectivity index (χ1) is 10.2. The fraction of sp³-hybridized carbons (Fsp3) is 0.471. The predicted molar refractivity (Wildman–Crippen MR) is 92.3 cm³/mol. The van der Waals surface area contributed by atoms with Gasteiger partial charge in [0.05, 0.1) is 6.04 Å². The summed E-state index contributed by atoms with van der Waals surface area (Å²) in [7, 11) is 1.90. The van der Waals surface area contributed by atoms with Gasteiger partial charge >= 0.3 is 0 Å². The Hall–Kier alpha value is -1.52. The van der Waals surface area contributed by atoms with Gasteiger partial charge in [-0.3, -0.25) is 4.79 Å². The summed E-state index contributed by atoms with van der Waals surface area (Å²) in [6, 6.07) is 8.04. The van der Waals surface area contributed by atoms with Crippen molar-refractivity contribution in [3.8, 4) is 0 Å². The zero-order valence-corrected chi connectivity index (χ0v) is 13.7. The number of nitrogens with one attached hydrogen (secondary N) is 1. The third-order valence-corrected chi connectivity index (χ3v) is 4.65. The fourth-order valence-electron chi connectivity index (χ4n) is 3.36. The van der Waals surface area contributed by atoms with Crippen LogP contribution in [0.1, 0.15) is 31.2 Å². The fourth-order valence-corrected chi connectivity index (χ4v) is 3.36. The van der Waals surface area contributed by atoms with Gasteiger partial charge in [0.2, 0.25) is 5.91 Å². The number of aromatic nitrogens is 1. The minimum Gasteiger partial charge on any atom is -0.361 e. The van der Waals surface area contributed by atoms with E-state index in [2.05, 4.69) is 11.1 Å². The standard InChI is InChI=1S/C17H23N3O.ClH/c1-20(13-6-2-3-7-13)17(21)15(18)10-12-11-19-16-9-5-4-8-14(12)16;/h4-5,8-9,11,13,15,19H,2-3,6-7,10,18H2,1H3;1H/t15-;/m0./s1. The van der Waals surface area contributed by atoms with Crippen LogP contribution in [0.2, 0.25) is 0 Å². The van der Waals surface area contributed by atoms with E-state index in [-0.39, 0.29) is 18.3 Å². The highest BCUT2D eigenvalue weighted by molar-refractivity contribution is 5.86. The van der Waals surface area contributed by atoms with Gasteiger partial charge in [-0.05, 0) is 30.9 Å². The Kier molecular flexibility index (Phi) is 5.48. The molecule has 3 N–H and O–H groups in total. The highest BCUT2D eigenvalue weighted by atomic mass is 35.5. The van der Waals surface area contributed by atoms with Gasteiger partial charge in [-0.15, -0.1) is 12.4 Å². The number of carbonyl (C=O) groups excluding carboxylic acids is 1. The maximum absolute atomic E-state index is 12.5. The number of hydrogen-bond acceptors (Lipinski definition) is 2. The number of rotatable bonds is 4. The lowest BCUT2D eigenvalue weighted by Crippen LogP contribution is -2.46. The van der Waals surface area contributed by atoms with Gasteiger partial charge < -0.3 is 15.6 Å². The molecule has 1 aliphatic carbocycles. The van der Waals surface area contributed by atoms with Crippen molar-refractivity contribution >= 4 is 29.2 Å². The van der Waals surface area contributed by atoms with E-state index in [1.165, 1.54) is 12.8 Å². The van der Waals surface area contributed by atoms with E-state index in [0.29, 0.717) is 12.5 Å². The lowest BCUT2D eigenvalue weighted by atomic mass is 10.0. The maximum atomic E-state index is 12.5. The molecule has 1 aromatic carbocycles. The van der Waals surface area contributed by atoms with E-state index in [0.717, 1.165) is 29.3 Å². The molecule has 0 spiro atoms. The summed E-state index contributed by atoms with van der Waals surface area (Å²) in [5, 5.41) is 1.16. The monoisotopic (exact) mass is 321 g/mol. The number of halogens is 1. The normalized spacial score (nSPS) is 16.5. The molecule has 1 saturated carbocycles. The Balaban J connectivity index is 0.00000176. The van der Waals surface area contributed by atoms with Crippen molar-refractivity contribution in [2.45, 2.75) is 44.2 Å². The van der Waals surface area contributed by atoms with Gasteiger partial charge in [0, 0.05) is 30.2 Å². The number of aromatic amines is 1. The molecule has 0 saturated heterocycles. The van der Waals surface area contributed by atoms with Crippen LogP contribution < -0.4 is 5.73 Å². The zero-order valence-electron chi connectivity index (χ0n) is 12.9. The number of carbonyl (C=O) groups is 1. The highest BCUT2D eigenvalue weighted by Crippen LogP contribution is 2.24. The first kappa shape index (κ1) is 16.8. The van der Waals surface area contributed by atoms with Crippen molar-refractivity contribution < 1.29 is 4.79 Å². The van der Waals surface area contributed by atoms with E-state index in [9.17, 15) is 4.79 Å². The lowest BCUT2D eigenvalue weighted by Gasteiger charge is -2.27. The van der Waals surface area contributed by atoms with Gasteiger partial charge in [-0.2, -0.15) is 0 Å². The molecule has 1 aliphatic rings. The molecular formula is C17H24ClN3O. The summed E-state index contributed by atoms with van der Waals surface area (Å²) in [5.74, 6) is 0.0622. The lowest BCUT2D eigenvalue weighted by molar-refractivity contribution is -0.133. The molecule has 1 heterocycles. The van der Waals surface area contributed by atoms with Crippen molar-refractivity contribution in [3.63, 3.8) is 0 Å². The van der Waals surface area contributed by atoms with Crippen molar-refractivity contribution in [3.05, 3.63) is 36.0 Å². The largest absolute Gasteiger partial charge is 0.361 e. The molecule has 2 aromatic rings. The summed E-state index contributed by atoms with van der Waals surface area (Å²) in [6.07, 6.45) is 7.22. The second-order valence-corrected chi connectivity index (χ2v) is 6.06. The molecule has 1 atom stereocenters. The van der Waals surface area contributed by atoms with Crippen LogP contribution in [-0.4, -0.2) is 34.9 Å². The summed E-state index contributed by atoms with van der Waals surface area (Å²) in [6.45, 7) is 0. The third kappa shape index (κ3) is 3.28. The summed E-state index contributed by atoms with van der Waals surface area (Å²) >= 11 is 0. The smallest absolute Gasteiger partial charge is 0.239 e. The van der Waals surface area contributed by atoms with Crippen LogP contribution in [-0.2, 0) is 11.2 Å². The first-order valence-electron chi connectivity index (χ1n) is 7.74. The van der Waals surface area contributed by atoms with E-state index >= 15 is 0 Å². The molecule has 5 heteroatoms. The van der Waals surface area contributed by atoms with Crippen LogP contribution in [0.4, 0.5) is 0 Å². The molecule has 1 amide bonds. The Bertz CT molecular complexity index is 634. The number of hydrogen-bond donors (Lipinski definition) is 2. The van der Waals surface area contributed by atoms with Crippen LogP contribution >= 0.6 is 12.4 Å². The van der Waals surface area contributed by atoms with Crippen molar-refractivity contribution in [1.29, 1.82) is 0 Å². The number of nitrogens with zero attached hydrogens (tertiary/aromatic N) is 1. The molecule has 1 fully saturated rings. The number of amides is 1. The van der Waals surface area contributed by atoms with Crippen LogP contribution in [0.25, 0.3) is 10.9 Å². The topological polar surface area (TPSA) is 62.1 Å². The zero-order chi connectivity index (χ0) is 14.8. The van der Waals surface area contributed by atoms with Gasteiger partial charge in [0.15, 0.2) is 0 Å². The predicted octanol–water partition coefficient (Wildman–Crippen LogP) is 2.86. The van der Waals surface area contributed by atoms with Gasteiger partial charge in [-0.25, -0.2) is 0 Å². The molecule has 3 rings (SSSR count). The molecule has 0 bridgehead atoms. The third-order valence-electron chi connectivity index (χ3n) is 4.65. The van der Waals surface area contributed by atoms with Crippen LogP contribution in [0.3, 0.4) is 0 Å². The second-order valence-electron chi connectivity index (χ2n) is 6.06. The molecule has 0 unspecified atom stereocenters. The number of fused-ring (bicyclic) bond motifs is 1. The second kappa shape index (κ2) is 7.16. The first-order valence-corrected chi connectivity index (χ1v) is 7.74. The Morgan fingerprint density at radius 2 is 2.05 bits per heavy atom. The summed E-state index contributed by atoms with van der Waals surface area (Å²) < 4.78 is 0. The van der Waals surface area contributed by atoms with Crippen LogP contribution in [0, 0.1) is 0 Å². The number of H-pyrrole nitrogens is 1. The highest BCUT2D eigenvalue weighted by Gasteiger charge is 2.27. The average molecular weight is 322 g/mol. The molecule has 4 nitrogen and oxygen atoms in total. The Labute approximate surface area is 137 Å². The van der Waals surface area contributed by atoms with E-state index < -0.39 is 6.04 Å². The number of nitrogens with two attached hydrogens (primary N) is 1. The van der Waals surface area contributed by atoms with Crippen molar-refractivity contribution in [2.75, 3.05) is 7.05 Å². The van der Waals surface area contributed by atoms with Crippen LogP contribution in [0.15, 0.2) is 30.5 Å². The number of benzene rings is 1. The maximum Gasteiger partial charge on any atom is 0.239 e. The van der Waals surface area contributed by atoms with Crippen molar-refractivity contribution in [1.82, 2.24) is 9.88 Å². The molecule has 0 radical (unpaired) electrons. The van der Waals surface area contributed by atoms with Gasteiger partial charge in [0.25, 0.3) is 0 Å². The van der Waals surface area contributed by atoms with E-state index in [1.807, 2.05) is 36.3 Å².